The summed E-state index contributed by atoms with van der Waals surface area (Å²) in [7, 11) is 4.12. The molecule has 0 aliphatic rings. The van der Waals surface area contributed by atoms with Gasteiger partial charge in [-0.25, -0.2) is 4.98 Å². The summed E-state index contributed by atoms with van der Waals surface area (Å²) in [5, 5.41) is 6.54. The largest absolute Gasteiger partial charge is 0.361 e. The van der Waals surface area contributed by atoms with Gasteiger partial charge >= 0.3 is 0 Å². The van der Waals surface area contributed by atoms with Crippen molar-refractivity contribution in [1.82, 2.24) is 20.6 Å². The van der Waals surface area contributed by atoms with E-state index in [-0.39, 0.29) is 0 Å². The van der Waals surface area contributed by atoms with Crippen LogP contribution in [0.1, 0.15) is 6.42 Å². The first-order chi connectivity index (χ1) is 10.6. The summed E-state index contributed by atoms with van der Waals surface area (Å²) in [6.07, 6.45) is 1.05. The minimum atomic E-state index is 0.579. The first-order valence-corrected chi connectivity index (χ1v) is 8.39. The van der Waals surface area contributed by atoms with Gasteiger partial charge in [-0.15, -0.1) is 11.3 Å². The van der Waals surface area contributed by atoms with Crippen molar-refractivity contribution < 1.29 is 0 Å². The summed E-state index contributed by atoms with van der Waals surface area (Å²) in [5.74, 6) is 0. The molecule has 1 aromatic heterocycles. The van der Waals surface area contributed by atoms with Crippen LogP contribution < -0.4 is 16.2 Å². The third-order valence-corrected chi connectivity index (χ3v) is 3.93. The zero-order valence-corrected chi connectivity index (χ0v) is 14.4. The van der Waals surface area contributed by atoms with Gasteiger partial charge in [-0.2, -0.15) is 0 Å². The van der Waals surface area contributed by atoms with Crippen molar-refractivity contribution in [3.05, 3.63) is 35.7 Å². The van der Waals surface area contributed by atoms with Crippen LogP contribution in [-0.2, 0) is 0 Å². The number of thiocarbonyl (C=S) groups is 1. The molecule has 1 heterocycles. The number of nitrogens with one attached hydrogen (secondary N) is 3. The second kappa shape index (κ2) is 8.67. The quantitative estimate of drug-likeness (QED) is 0.411. The number of rotatable bonds is 7. The molecule has 22 heavy (non-hydrogen) atoms. The van der Waals surface area contributed by atoms with Gasteiger partial charge in [-0.1, -0.05) is 30.3 Å². The van der Waals surface area contributed by atoms with Crippen LogP contribution in [0, 0.1) is 0 Å². The molecule has 2 rings (SSSR count). The molecule has 0 saturated carbocycles. The normalized spacial score (nSPS) is 10.5. The molecule has 7 heteroatoms. The van der Waals surface area contributed by atoms with Crippen LogP contribution in [0.2, 0.25) is 0 Å². The molecule has 0 spiro atoms. The summed E-state index contributed by atoms with van der Waals surface area (Å²) >= 11 is 6.75. The number of anilines is 1. The molecule has 0 fully saturated rings. The average molecular weight is 336 g/mol. The van der Waals surface area contributed by atoms with Gasteiger partial charge in [0.05, 0.1) is 5.69 Å². The Balaban J connectivity index is 1.73. The van der Waals surface area contributed by atoms with Crippen molar-refractivity contribution in [2.45, 2.75) is 6.42 Å². The van der Waals surface area contributed by atoms with E-state index in [1.165, 1.54) is 11.3 Å². The van der Waals surface area contributed by atoms with Crippen molar-refractivity contribution in [3.8, 4) is 11.3 Å². The Morgan fingerprint density at radius 3 is 2.77 bits per heavy atom. The predicted octanol–water partition coefficient (Wildman–Crippen LogP) is 2.55. The highest BCUT2D eigenvalue weighted by molar-refractivity contribution is 7.80. The van der Waals surface area contributed by atoms with E-state index in [9.17, 15) is 0 Å². The summed E-state index contributed by atoms with van der Waals surface area (Å²) < 4.78 is 0. The van der Waals surface area contributed by atoms with Gasteiger partial charge in [0.15, 0.2) is 5.11 Å². The summed E-state index contributed by atoms with van der Waals surface area (Å²) in [4.78, 5) is 6.67. The Bertz CT molecular complexity index is 583. The Kier molecular flexibility index (Phi) is 6.57. The number of aromatic nitrogens is 1. The molecule has 5 nitrogen and oxygen atoms in total. The first-order valence-electron chi connectivity index (χ1n) is 7.10. The van der Waals surface area contributed by atoms with Gasteiger partial charge in [-0.3, -0.25) is 10.9 Å². The van der Waals surface area contributed by atoms with Gasteiger partial charge in [0.25, 0.3) is 0 Å². The molecular formula is C15H21N5S2. The Hall–Kier alpha value is -1.70. The minimum Gasteiger partial charge on any atom is -0.361 e. The van der Waals surface area contributed by atoms with Crippen molar-refractivity contribution in [2.24, 2.45) is 0 Å². The van der Waals surface area contributed by atoms with Crippen molar-refractivity contribution >= 4 is 33.8 Å². The molecule has 1 aromatic carbocycles. The van der Waals surface area contributed by atoms with Crippen molar-refractivity contribution in [3.63, 3.8) is 0 Å². The molecule has 0 radical (unpaired) electrons. The van der Waals surface area contributed by atoms with Crippen LogP contribution in [0.5, 0.6) is 0 Å². The zero-order valence-electron chi connectivity index (χ0n) is 12.8. The highest BCUT2D eigenvalue weighted by Crippen LogP contribution is 2.23. The molecular weight excluding hydrogens is 314 g/mol. The fraction of sp³-hybridized carbons (Fsp3) is 0.333. The van der Waals surface area contributed by atoms with E-state index in [2.05, 4.69) is 40.1 Å². The smallest absolute Gasteiger partial charge is 0.202 e. The zero-order chi connectivity index (χ0) is 15.8. The van der Waals surface area contributed by atoms with E-state index in [0.717, 1.165) is 35.9 Å². The molecule has 0 unspecified atom stereocenters. The second-order valence-corrected chi connectivity index (χ2v) is 6.33. The third-order valence-electron chi connectivity index (χ3n) is 2.92. The molecule has 0 aliphatic carbocycles. The summed E-state index contributed by atoms with van der Waals surface area (Å²) in [5.41, 5.74) is 8.05. The maximum Gasteiger partial charge on any atom is 0.202 e. The number of hydrogen-bond donors (Lipinski definition) is 3. The minimum absolute atomic E-state index is 0.579. The van der Waals surface area contributed by atoms with Gasteiger partial charge in [-0.05, 0) is 39.3 Å². The van der Waals surface area contributed by atoms with Gasteiger partial charge in [0, 0.05) is 17.5 Å². The van der Waals surface area contributed by atoms with Crippen LogP contribution >= 0.6 is 23.6 Å². The Morgan fingerprint density at radius 2 is 2.05 bits per heavy atom. The van der Waals surface area contributed by atoms with Crippen LogP contribution in [0.3, 0.4) is 0 Å². The average Bonchev–Trinajstić information content (AvgIpc) is 2.99. The van der Waals surface area contributed by atoms with Gasteiger partial charge in [0.2, 0.25) is 5.13 Å². The highest BCUT2D eigenvalue weighted by Gasteiger charge is 2.04. The van der Waals surface area contributed by atoms with E-state index in [0.29, 0.717) is 5.11 Å². The number of hydrazine groups is 1. The van der Waals surface area contributed by atoms with Crippen LogP contribution in [0.25, 0.3) is 11.3 Å². The Labute approximate surface area is 140 Å². The number of nitrogens with zero attached hydrogens (tertiary/aromatic N) is 2. The second-order valence-electron chi connectivity index (χ2n) is 5.07. The fourth-order valence-electron chi connectivity index (χ4n) is 1.82. The molecule has 0 atom stereocenters. The number of benzene rings is 1. The van der Waals surface area contributed by atoms with Gasteiger partial charge in [0.1, 0.15) is 0 Å². The molecule has 0 aliphatic heterocycles. The topological polar surface area (TPSA) is 52.2 Å². The van der Waals surface area contributed by atoms with E-state index < -0.39 is 0 Å². The lowest BCUT2D eigenvalue weighted by molar-refractivity contribution is 0.400. The van der Waals surface area contributed by atoms with E-state index in [1.54, 1.807) is 0 Å². The van der Waals surface area contributed by atoms with Gasteiger partial charge < -0.3 is 10.2 Å². The monoisotopic (exact) mass is 335 g/mol. The molecule has 118 valence electrons. The molecule has 0 amide bonds. The van der Waals surface area contributed by atoms with Crippen molar-refractivity contribution in [2.75, 3.05) is 32.6 Å². The molecule has 0 bridgehead atoms. The van der Waals surface area contributed by atoms with E-state index in [4.69, 9.17) is 12.2 Å². The Morgan fingerprint density at radius 1 is 1.27 bits per heavy atom. The van der Waals surface area contributed by atoms with Crippen LogP contribution in [0.15, 0.2) is 35.7 Å². The SMILES string of the molecule is CN(C)CCCNC(=S)NNc1nc(-c2ccccc2)cs1. The molecule has 3 N–H and O–H groups in total. The number of thiazole rings is 1. The first kappa shape index (κ1) is 16.7. The lowest BCUT2D eigenvalue weighted by Gasteiger charge is -2.12. The predicted molar refractivity (Wildman–Crippen MR) is 98.1 cm³/mol. The van der Waals surface area contributed by atoms with E-state index in [1.807, 2.05) is 35.7 Å². The third kappa shape index (κ3) is 5.59. The maximum absolute atomic E-state index is 5.21. The van der Waals surface area contributed by atoms with Crippen LogP contribution in [0.4, 0.5) is 5.13 Å². The highest BCUT2D eigenvalue weighted by atomic mass is 32.1. The fourth-order valence-corrected chi connectivity index (χ4v) is 2.65. The van der Waals surface area contributed by atoms with E-state index >= 15 is 0 Å². The summed E-state index contributed by atoms with van der Waals surface area (Å²) in [6, 6.07) is 10.1. The maximum atomic E-state index is 5.21. The summed E-state index contributed by atoms with van der Waals surface area (Å²) in [6.45, 7) is 1.88. The number of hydrogen-bond acceptors (Lipinski definition) is 5. The lowest BCUT2D eigenvalue weighted by Crippen LogP contribution is -2.39. The van der Waals surface area contributed by atoms with Crippen LogP contribution in [-0.4, -0.2) is 42.2 Å². The molecule has 0 saturated heterocycles. The molecule has 2 aromatic rings. The standard InChI is InChI=1S/C15H21N5S2/c1-20(2)10-6-9-16-14(21)18-19-15-17-13(11-22-15)12-7-4-3-5-8-12/h3-5,7-8,11H,6,9-10H2,1-2H3,(H,17,19)(H2,16,18,21). The lowest BCUT2D eigenvalue weighted by atomic mass is 10.2. The van der Waals surface area contributed by atoms with Crippen molar-refractivity contribution in [1.29, 1.82) is 0 Å².